The zero-order chi connectivity index (χ0) is 24.8. The van der Waals surface area contributed by atoms with Crippen LogP contribution in [0.25, 0.3) is 6.08 Å². The smallest absolute Gasteiger partial charge is 0.338 e. The van der Waals surface area contributed by atoms with Crippen LogP contribution in [-0.4, -0.2) is 68.2 Å². The maximum absolute atomic E-state index is 13.5. The Morgan fingerprint density at radius 2 is 1.71 bits per heavy atom. The molecule has 2 fully saturated rings. The molecule has 0 radical (unpaired) electrons. The summed E-state index contributed by atoms with van der Waals surface area (Å²) in [5.41, 5.74) is 3.48. The van der Waals surface area contributed by atoms with Crippen LogP contribution in [0, 0.1) is 0 Å². The lowest BCUT2D eigenvalue weighted by Gasteiger charge is -2.36. The second-order valence-electron chi connectivity index (χ2n) is 9.47. The minimum Gasteiger partial charge on any atom is -0.378 e. The Kier molecular flexibility index (Phi) is 8.28. The van der Waals surface area contributed by atoms with Crippen molar-refractivity contribution in [2.24, 2.45) is 0 Å². The number of benzene rings is 1. The highest BCUT2D eigenvalue weighted by Gasteiger charge is 2.35. The number of carbonyl (C=O) groups is 2. The Morgan fingerprint density at radius 1 is 1.03 bits per heavy atom. The van der Waals surface area contributed by atoms with Crippen LogP contribution in [0.1, 0.15) is 56.9 Å². The number of hydrogen-bond acceptors (Lipinski definition) is 6. The van der Waals surface area contributed by atoms with Gasteiger partial charge in [-0.1, -0.05) is 49.6 Å². The Balaban J connectivity index is 1.65. The van der Waals surface area contributed by atoms with E-state index in [4.69, 9.17) is 4.74 Å². The summed E-state index contributed by atoms with van der Waals surface area (Å²) in [5.74, 6) is -0.514. The molecule has 1 aliphatic heterocycles. The van der Waals surface area contributed by atoms with Gasteiger partial charge in [0.25, 0.3) is 5.91 Å². The largest absolute Gasteiger partial charge is 0.378 e. The summed E-state index contributed by atoms with van der Waals surface area (Å²) < 4.78 is 31.4. The molecule has 0 bridgehead atoms. The molecule has 1 aromatic rings. The zero-order valence-corrected chi connectivity index (χ0v) is 21.2. The van der Waals surface area contributed by atoms with Gasteiger partial charge in [-0.05, 0) is 49.3 Å². The first-order valence-electron chi connectivity index (χ1n) is 12.5. The fourth-order valence-corrected chi connectivity index (χ4v) is 6.41. The summed E-state index contributed by atoms with van der Waals surface area (Å²) in [6, 6.07) is 8.71. The van der Waals surface area contributed by atoms with E-state index in [-0.39, 0.29) is 0 Å². The lowest BCUT2D eigenvalue weighted by atomic mass is 9.88. The molecule has 35 heavy (non-hydrogen) atoms. The molecule has 190 valence electrons. The van der Waals surface area contributed by atoms with Crippen LogP contribution in [-0.2, 0) is 19.6 Å². The Hall–Kier alpha value is -2.65. The van der Waals surface area contributed by atoms with E-state index in [1.165, 1.54) is 0 Å². The van der Waals surface area contributed by atoms with Crippen LogP contribution in [0.2, 0.25) is 0 Å². The van der Waals surface area contributed by atoms with Crippen LogP contribution >= 0.6 is 0 Å². The third-order valence-corrected chi connectivity index (χ3v) is 8.07. The zero-order valence-electron chi connectivity index (χ0n) is 20.4. The van der Waals surface area contributed by atoms with Crippen molar-refractivity contribution in [2.75, 3.05) is 32.6 Å². The van der Waals surface area contributed by atoms with Gasteiger partial charge in [-0.25, -0.2) is 17.5 Å². The van der Waals surface area contributed by atoms with Crippen LogP contribution in [0.4, 0.5) is 4.79 Å². The number of sulfonamides is 1. The summed E-state index contributed by atoms with van der Waals surface area (Å²) in [4.78, 5) is 28.8. The number of ether oxygens (including phenoxy) is 1. The normalized spacial score (nSPS) is 21.2. The van der Waals surface area contributed by atoms with E-state index in [2.05, 4.69) is 16.3 Å². The molecule has 3 amide bonds. The molecule has 0 aromatic heterocycles. The van der Waals surface area contributed by atoms with E-state index in [9.17, 15) is 18.0 Å². The fraction of sp³-hybridized carbons (Fsp3) is 0.538. The number of allylic oxidation sites excluding steroid dienone is 1. The molecular weight excluding hydrogens is 466 g/mol. The van der Waals surface area contributed by atoms with Crippen LogP contribution < -0.4 is 5.32 Å². The number of morpholine rings is 1. The van der Waals surface area contributed by atoms with Gasteiger partial charge in [0.1, 0.15) is 0 Å². The fourth-order valence-electron chi connectivity index (χ4n) is 5.31. The number of nitrogens with one attached hydrogen (secondary N) is 1. The van der Waals surface area contributed by atoms with Crippen LogP contribution in [0.15, 0.2) is 47.2 Å². The highest BCUT2D eigenvalue weighted by molar-refractivity contribution is 7.88. The van der Waals surface area contributed by atoms with Crippen LogP contribution in [0.5, 0.6) is 0 Å². The second kappa shape index (κ2) is 11.4. The average Bonchev–Trinajstić information content (AvgIpc) is 2.85. The van der Waals surface area contributed by atoms with Gasteiger partial charge in [0.15, 0.2) is 0 Å². The third kappa shape index (κ3) is 6.32. The third-order valence-electron chi connectivity index (χ3n) is 6.89. The molecule has 0 spiro atoms. The van der Waals surface area contributed by atoms with Gasteiger partial charge in [0.05, 0.1) is 19.5 Å². The monoisotopic (exact) mass is 501 g/mol. The first-order valence-corrected chi connectivity index (χ1v) is 14.4. The molecule has 2 aliphatic carbocycles. The lowest BCUT2D eigenvalue weighted by molar-refractivity contribution is -0.117. The van der Waals surface area contributed by atoms with E-state index in [0.29, 0.717) is 51.1 Å². The number of amides is 3. The molecule has 3 aliphatic rings. The van der Waals surface area contributed by atoms with Crippen molar-refractivity contribution >= 4 is 28.0 Å². The van der Waals surface area contributed by atoms with E-state index in [1.807, 2.05) is 30.3 Å². The van der Waals surface area contributed by atoms with Crippen LogP contribution in [0.3, 0.4) is 0 Å². The number of hydrogen-bond donors (Lipinski definition) is 1. The summed E-state index contributed by atoms with van der Waals surface area (Å²) in [7, 11) is -3.81. The number of carbonyl (C=O) groups excluding carboxylic acids is 2. The highest BCUT2D eigenvalue weighted by atomic mass is 32.2. The standard InChI is InChI=1S/C26H35N3O5S/c1-35(32,33)29(22-12-6-3-7-13-22)26(31)27-25(30)23-14-8-11-21(19-20-9-4-2-5-10-20)24(23)28-15-17-34-18-16-28/h2,4-5,9-10,19,22H,3,6-8,11-18H2,1H3,(H,27,30,31)/b21-19+. The number of nitrogens with zero attached hydrogens (tertiary/aromatic N) is 2. The van der Waals surface area contributed by atoms with Crippen molar-refractivity contribution in [1.29, 1.82) is 0 Å². The van der Waals surface area contributed by atoms with Gasteiger partial charge < -0.3 is 9.64 Å². The molecule has 1 saturated carbocycles. The summed E-state index contributed by atoms with van der Waals surface area (Å²) in [6.45, 7) is 2.45. The van der Waals surface area contributed by atoms with E-state index >= 15 is 0 Å². The van der Waals surface area contributed by atoms with E-state index in [0.717, 1.165) is 59.5 Å². The number of rotatable bonds is 5. The predicted molar refractivity (Wildman–Crippen MR) is 135 cm³/mol. The molecule has 1 saturated heterocycles. The van der Waals surface area contributed by atoms with Gasteiger partial charge in [-0.15, -0.1) is 0 Å². The van der Waals surface area contributed by atoms with Gasteiger partial charge in [0, 0.05) is 30.4 Å². The molecule has 1 heterocycles. The molecule has 8 nitrogen and oxygen atoms in total. The summed E-state index contributed by atoms with van der Waals surface area (Å²) >= 11 is 0. The van der Waals surface area contributed by atoms with Gasteiger partial charge in [0.2, 0.25) is 10.0 Å². The number of urea groups is 1. The summed E-state index contributed by atoms with van der Waals surface area (Å²) in [6.07, 6.45) is 9.29. The van der Waals surface area contributed by atoms with Crippen molar-refractivity contribution < 1.29 is 22.7 Å². The molecule has 4 rings (SSSR count). The lowest BCUT2D eigenvalue weighted by Crippen LogP contribution is -2.51. The first kappa shape index (κ1) is 25.4. The van der Waals surface area contributed by atoms with Crippen molar-refractivity contribution in [3.05, 3.63) is 52.7 Å². The van der Waals surface area contributed by atoms with E-state index < -0.39 is 28.0 Å². The SMILES string of the molecule is CS(=O)(=O)N(C(=O)NC(=O)C1=C(N2CCOCC2)/C(=C/c2ccccc2)CCC1)C1CCCCC1. The van der Waals surface area contributed by atoms with E-state index in [1.54, 1.807) is 0 Å². The minimum absolute atomic E-state index is 0.404. The van der Waals surface area contributed by atoms with Crippen molar-refractivity contribution in [3.63, 3.8) is 0 Å². The van der Waals surface area contributed by atoms with Gasteiger partial charge >= 0.3 is 6.03 Å². The minimum atomic E-state index is -3.81. The average molecular weight is 502 g/mol. The predicted octanol–water partition coefficient (Wildman–Crippen LogP) is 3.67. The van der Waals surface area contributed by atoms with Gasteiger partial charge in [-0.2, -0.15) is 0 Å². The highest BCUT2D eigenvalue weighted by Crippen LogP contribution is 2.34. The maximum atomic E-state index is 13.5. The molecule has 1 aromatic carbocycles. The van der Waals surface area contributed by atoms with Crippen molar-refractivity contribution in [2.45, 2.75) is 57.4 Å². The topological polar surface area (TPSA) is 96.0 Å². The van der Waals surface area contributed by atoms with Crippen molar-refractivity contribution in [3.8, 4) is 0 Å². The Labute approximate surface area is 208 Å². The molecule has 1 N–H and O–H groups in total. The molecule has 9 heteroatoms. The molecule has 0 unspecified atom stereocenters. The van der Waals surface area contributed by atoms with Crippen molar-refractivity contribution in [1.82, 2.24) is 14.5 Å². The summed E-state index contributed by atoms with van der Waals surface area (Å²) in [5, 5.41) is 2.43. The molecular formula is C26H35N3O5S. The number of imide groups is 1. The Morgan fingerprint density at radius 3 is 2.37 bits per heavy atom. The second-order valence-corrected chi connectivity index (χ2v) is 11.3. The molecule has 0 atom stereocenters. The first-order chi connectivity index (χ1) is 16.8. The van der Waals surface area contributed by atoms with Gasteiger partial charge in [-0.3, -0.25) is 10.1 Å². The maximum Gasteiger partial charge on any atom is 0.338 e. The quantitative estimate of drug-likeness (QED) is 0.661. The Bertz CT molecular complexity index is 1090.